The fourth-order valence-corrected chi connectivity index (χ4v) is 2.59. The van der Waals surface area contributed by atoms with E-state index >= 15 is 0 Å². The van der Waals surface area contributed by atoms with Gasteiger partial charge >= 0.3 is 0 Å². The summed E-state index contributed by atoms with van der Waals surface area (Å²) >= 11 is 0. The van der Waals surface area contributed by atoms with Crippen LogP contribution in [0.1, 0.15) is 25.7 Å². The second kappa shape index (κ2) is 7.64. The fourth-order valence-electron chi connectivity index (χ4n) is 2.59. The minimum absolute atomic E-state index is 0. The van der Waals surface area contributed by atoms with Gasteiger partial charge in [0.2, 0.25) is 0 Å². The summed E-state index contributed by atoms with van der Waals surface area (Å²) in [5.74, 6) is 1.46. The molecule has 1 unspecified atom stereocenters. The van der Waals surface area contributed by atoms with Crippen molar-refractivity contribution in [2.24, 2.45) is 10.9 Å². The number of rotatable bonds is 4. The van der Waals surface area contributed by atoms with E-state index in [4.69, 9.17) is 4.74 Å². The summed E-state index contributed by atoms with van der Waals surface area (Å²) in [7, 11) is 3.83. The molecule has 0 aromatic carbocycles. The lowest BCUT2D eigenvalue weighted by Crippen LogP contribution is -2.51. The number of nitrogens with one attached hydrogen (secondary N) is 1. The Kier molecular flexibility index (Phi) is 6.82. The van der Waals surface area contributed by atoms with Crippen LogP contribution in [0.25, 0.3) is 0 Å². The number of aliphatic hydroxyl groups is 1. The van der Waals surface area contributed by atoms with Crippen molar-refractivity contribution in [3.8, 4) is 0 Å². The Labute approximate surface area is 132 Å². The first-order valence-electron chi connectivity index (χ1n) is 6.85. The van der Waals surface area contributed by atoms with Crippen LogP contribution in [0, 0.1) is 5.92 Å². The summed E-state index contributed by atoms with van der Waals surface area (Å²) in [6.45, 7) is 3.29. The van der Waals surface area contributed by atoms with Gasteiger partial charge in [0.25, 0.3) is 0 Å². The van der Waals surface area contributed by atoms with Crippen molar-refractivity contribution in [2.45, 2.75) is 31.3 Å². The Hall–Kier alpha value is -0.0800. The minimum atomic E-state index is -0.507. The molecule has 2 aliphatic rings. The van der Waals surface area contributed by atoms with Crippen molar-refractivity contribution in [1.29, 1.82) is 0 Å². The van der Waals surface area contributed by atoms with Gasteiger partial charge in [0.15, 0.2) is 5.96 Å². The highest BCUT2D eigenvalue weighted by Crippen LogP contribution is 2.30. The SMILES string of the molecule is CN=C(NCC1(O)CCC1)N(C)CC1CCOC1.I. The van der Waals surface area contributed by atoms with Crippen LogP contribution >= 0.6 is 24.0 Å². The number of nitrogens with zero attached hydrogens (tertiary/aromatic N) is 2. The van der Waals surface area contributed by atoms with Gasteiger partial charge < -0.3 is 20.1 Å². The summed E-state index contributed by atoms with van der Waals surface area (Å²) in [6, 6.07) is 0. The van der Waals surface area contributed by atoms with Gasteiger partial charge in [-0.05, 0) is 25.7 Å². The lowest BCUT2D eigenvalue weighted by Gasteiger charge is -2.37. The first-order chi connectivity index (χ1) is 8.63. The first kappa shape index (κ1) is 17.0. The molecule has 1 heterocycles. The van der Waals surface area contributed by atoms with Crippen LogP contribution in [0.3, 0.4) is 0 Å². The number of hydrogen-bond acceptors (Lipinski definition) is 3. The maximum absolute atomic E-state index is 10.1. The van der Waals surface area contributed by atoms with Crippen LogP contribution < -0.4 is 5.32 Å². The van der Waals surface area contributed by atoms with Gasteiger partial charge in [-0.2, -0.15) is 0 Å². The number of guanidine groups is 1. The molecule has 1 aliphatic heterocycles. The number of halogens is 1. The molecule has 1 atom stereocenters. The first-order valence-corrected chi connectivity index (χ1v) is 6.85. The topological polar surface area (TPSA) is 57.1 Å². The highest BCUT2D eigenvalue weighted by molar-refractivity contribution is 14.0. The zero-order valence-electron chi connectivity index (χ0n) is 11.9. The molecule has 1 saturated carbocycles. The molecule has 2 N–H and O–H groups in total. The van der Waals surface area contributed by atoms with E-state index in [9.17, 15) is 5.11 Å². The van der Waals surface area contributed by atoms with Gasteiger partial charge in [-0.25, -0.2) is 0 Å². The average molecular weight is 383 g/mol. The van der Waals surface area contributed by atoms with E-state index in [-0.39, 0.29) is 24.0 Å². The molecule has 2 fully saturated rings. The van der Waals surface area contributed by atoms with Crippen molar-refractivity contribution in [1.82, 2.24) is 10.2 Å². The molecular weight excluding hydrogens is 357 g/mol. The van der Waals surface area contributed by atoms with E-state index in [0.29, 0.717) is 12.5 Å². The lowest BCUT2D eigenvalue weighted by atomic mass is 9.80. The van der Waals surface area contributed by atoms with Crippen LogP contribution in [0.5, 0.6) is 0 Å². The van der Waals surface area contributed by atoms with Crippen molar-refractivity contribution >= 4 is 29.9 Å². The smallest absolute Gasteiger partial charge is 0.193 e. The van der Waals surface area contributed by atoms with Gasteiger partial charge in [0, 0.05) is 39.7 Å². The highest BCUT2D eigenvalue weighted by Gasteiger charge is 2.34. The van der Waals surface area contributed by atoms with Gasteiger partial charge in [-0.15, -0.1) is 24.0 Å². The zero-order valence-corrected chi connectivity index (χ0v) is 14.2. The highest BCUT2D eigenvalue weighted by atomic mass is 127. The summed E-state index contributed by atoms with van der Waals surface area (Å²) < 4.78 is 5.39. The lowest BCUT2D eigenvalue weighted by molar-refractivity contribution is -0.0282. The number of ether oxygens (including phenoxy) is 1. The van der Waals surface area contributed by atoms with Gasteiger partial charge in [0.1, 0.15) is 0 Å². The quantitative estimate of drug-likeness (QED) is 0.433. The third-order valence-electron chi connectivity index (χ3n) is 3.99. The summed E-state index contributed by atoms with van der Waals surface area (Å²) in [5.41, 5.74) is -0.507. The third kappa shape index (κ3) is 4.75. The molecule has 0 amide bonds. The predicted molar refractivity (Wildman–Crippen MR) is 87.1 cm³/mol. The Balaban J connectivity index is 0.00000180. The molecule has 19 heavy (non-hydrogen) atoms. The number of aliphatic imine (C=N–C) groups is 1. The molecule has 1 aliphatic carbocycles. The Morgan fingerprint density at radius 1 is 1.53 bits per heavy atom. The van der Waals surface area contributed by atoms with Gasteiger partial charge in [0.05, 0.1) is 12.2 Å². The molecule has 0 aromatic heterocycles. The van der Waals surface area contributed by atoms with E-state index in [2.05, 4.69) is 15.2 Å². The molecule has 0 bridgehead atoms. The van der Waals surface area contributed by atoms with E-state index in [1.165, 1.54) is 0 Å². The molecular formula is C13H26IN3O2. The predicted octanol–water partition coefficient (Wildman–Crippen LogP) is 1.06. The molecule has 0 radical (unpaired) electrons. The largest absolute Gasteiger partial charge is 0.388 e. The fraction of sp³-hybridized carbons (Fsp3) is 0.923. The monoisotopic (exact) mass is 383 g/mol. The van der Waals surface area contributed by atoms with Crippen molar-refractivity contribution in [3.63, 3.8) is 0 Å². The van der Waals surface area contributed by atoms with Crippen molar-refractivity contribution in [3.05, 3.63) is 0 Å². The second-order valence-electron chi connectivity index (χ2n) is 5.59. The zero-order chi connectivity index (χ0) is 13.0. The maximum Gasteiger partial charge on any atom is 0.193 e. The average Bonchev–Trinajstić information content (AvgIpc) is 2.80. The summed E-state index contributed by atoms with van der Waals surface area (Å²) in [6.07, 6.45) is 4.06. The van der Waals surface area contributed by atoms with E-state index in [0.717, 1.165) is 51.4 Å². The molecule has 6 heteroatoms. The van der Waals surface area contributed by atoms with Crippen LogP contribution in [0.4, 0.5) is 0 Å². The molecule has 5 nitrogen and oxygen atoms in total. The Morgan fingerprint density at radius 2 is 2.26 bits per heavy atom. The van der Waals surface area contributed by atoms with Crippen molar-refractivity contribution in [2.75, 3.05) is 40.4 Å². The minimum Gasteiger partial charge on any atom is -0.388 e. The van der Waals surface area contributed by atoms with Crippen LogP contribution in [0.2, 0.25) is 0 Å². The Morgan fingerprint density at radius 3 is 2.74 bits per heavy atom. The normalized spacial score (nSPS) is 25.4. The van der Waals surface area contributed by atoms with Crippen LogP contribution in [0.15, 0.2) is 4.99 Å². The van der Waals surface area contributed by atoms with Gasteiger partial charge in [-0.3, -0.25) is 4.99 Å². The summed E-state index contributed by atoms with van der Waals surface area (Å²) in [4.78, 5) is 6.40. The standard InChI is InChI=1S/C13H25N3O2.HI/c1-14-12(15-10-13(17)5-3-6-13)16(2)8-11-4-7-18-9-11;/h11,17H,3-10H2,1-2H3,(H,14,15);1H. The van der Waals surface area contributed by atoms with E-state index in [1.807, 2.05) is 7.05 Å². The maximum atomic E-state index is 10.1. The van der Waals surface area contributed by atoms with Gasteiger partial charge in [-0.1, -0.05) is 0 Å². The molecule has 2 rings (SSSR count). The van der Waals surface area contributed by atoms with Crippen LogP contribution in [-0.2, 0) is 4.74 Å². The van der Waals surface area contributed by atoms with Crippen LogP contribution in [-0.4, -0.2) is 62.0 Å². The summed E-state index contributed by atoms with van der Waals surface area (Å²) in [5, 5.41) is 13.3. The third-order valence-corrected chi connectivity index (χ3v) is 3.99. The van der Waals surface area contributed by atoms with E-state index < -0.39 is 5.60 Å². The Bertz CT molecular complexity index is 302. The molecule has 0 spiro atoms. The molecule has 0 aromatic rings. The second-order valence-corrected chi connectivity index (χ2v) is 5.59. The molecule has 112 valence electrons. The van der Waals surface area contributed by atoms with Crippen molar-refractivity contribution < 1.29 is 9.84 Å². The van der Waals surface area contributed by atoms with E-state index in [1.54, 1.807) is 7.05 Å². The molecule has 1 saturated heterocycles. The number of hydrogen-bond donors (Lipinski definition) is 2.